The highest BCUT2D eigenvalue weighted by molar-refractivity contribution is 5.98. The predicted molar refractivity (Wildman–Crippen MR) is 158 cm³/mol. The molecule has 0 saturated heterocycles. The van der Waals surface area contributed by atoms with Gasteiger partial charge >= 0.3 is 0 Å². The minimum atomic E-state index is -0.0417. The van der Waals surface area contributed by atoms with Crippen LogP contribution in [-0.2, 0) is 0 Å². The molecule has 1 heteroatoms. The van der Waals surface area contributed by atoms with Gasteiger partial charge in [0, 0.05) is 11.6 Å². The Kier molecular flexibility index (Phi) is 5.85. The van der Waals surface area contributed by atoms with Crippen LogP contribution in [0.15, 0.2) is 128 Å². The summed E-state index contributed by atoms with van der Waals surface area (Å²) in [7, 11) is 0. The lowest BCUT2D eigenvalue weighted by Crippen LogP contribution is -2.25. The molecule has 0 N–H and O–H groups in total. The van der Waals surface area contributed by atoms with E-state index >= 15 is 0 Å². The van der Waals surface area contributed by atoms with Gasteiger partial charge in [-0.15, -0.1) is 0 Å². The van der Waals surface area contributed by atoms with Crippen LogP contribution in [0.3, 0.4) is 0 Å². The van der Waals surface area contributed by atoms with Crippen molar-refractivity contribution in [3.8, 4) is 22.3 Å². The Morgan fingerprint density at radius 1 is 0.622 bits per heavy atom. The number of allylic oxidation sites excluding steroid dienone is 4. The zero-order chi connectivity index (χ0) is 25.4. The summed E-state index contributed by atoms with van der Waals surface area (Å²) in [6, 6.07) is 39.0. The number of hydrogen-bond acceptors (Lipinski definition) is 1. The first-order valence-corrected chi connectivity index (χ1v) is 13.0. The lowest BCUT2D eigenvalue weighted by Gasteiger charge is -2.37. The fraction of sp³-hybridized carbons (Fsp3) is 0.139. The summed E-state index contributed by atoms with van der Waals surface area (Å²) in [5, 5.41) is 2.44. The third kappa shape index (κ3) is 4.32. The van der Waals surface area contributed by atoms with Gasteiger partial charge in [-0.3, -0.25) is 4.98 Å². The Bertz CT molecular complexity index is 1580. The van der Waals surface area contributed by atoms with Crippen molar-refractivity contribution >= 4 is 21.9 Å². The Balaban J connectivity index is 1.56. The molecule has 0 bridgehead atoms. The van der Waals surface area contributed by atoms with E-state index in [1.807, 2.05) is 6.20 Å². The van der Waals surface area contributed by atoms with Crippen molar-refractivity contribution in [2.75, 3.05) is 0 Å². The summed E-state index contributed by atoms with van der Waals surface area (Å²) in [4.78, 5) is 4.92. The van der Waals surface area contributed by atoms with Gasteiger partial charge in [-0.2, -0.15) is 0 Å². The normalized spacial score (nSPS) is 16.8. The molecular weight excluding hydrogens is 446 g/mol. The number of pyridine rings is 1. The Morgan fingerprint density at radius 3 is 1.84 bits per heavy atom. The molecule has 180 valence electrons. The summed E-state index contributed by atoms with van der Waals surface area (Å²) in [5.74, 6) is 0.351. The lowest BCUT2D eigenvalue weighted by molar-refractivity contribution is 0.382. The van der Waals surface area contributed by atoms with Crippen LogP contribution in [0, 0.1) is 11.3 Å². The molecule has 0 spiro atoms. The number of fused-ring (bicyclic) bond motifs is 1. The zero-order valence-corrected chi connectivity index (χ0v) is 21.6. The van der Waals surface area contributed by atoms with E-state index in [0.717, 1.165) is 5.69 Å². The first kappa shape index (κ1) is 23.2. The van der Waals surface area contributed by atoms with E-state index in [1.165, 1.54) is 49.7 Å². The predicted octanol–water partition coefficient (Wildman–Crippen LogP) is 9.71. The van der Waals surface area contributed by atoms with Crippen LogP contribution in [0.1, 0.15) is 32.0 Å². The summed E-state index contributed by atoms with van der Waals surface area (Å²) in [6.07, 6.45) is 6.77. The highest BCUT2D eigenvalue weighted by atomic mass is 14.7. The molecule has 5 aromatic rings. The van der Waals surface area contributed by atoms with Crippen LogP contribution in [0.2, 0.25) is 0 Å². The van der Waals surface area contributed by atoms with Gasteiger partial charge in [0.2, 0.25) is 0 Å². The van der Waals surface area contributed by atoms with Crippen LogP contribution >= 0.6 is 0 Å². The molecule has 37 heavy (non-hydrogen) atoms. The standard InChI is InChI=1S/C36H31N/c1-25-20-29(24-34(36(25,2)3)35-33-17-11-10-16-28(33)18-19-37-35)32-22-30(26-12-6-4-7-13-26)21-31(23-32)27-14-8-5-9-15-27/h4-25H,1-3H3. The van der Waals surface area contributed by atoms with Crippen molar-refractivity contribution in [1.29, 1.82) is 0 Å². The summed E-state index contributed by atoms with van der Waals surface area (Å²) < 4.78 is 0. The third-order valence-electron chi connectivity index (χ3n) is 7.97. The van der Waals surface area contributed by atoms with Gasteiger partial charge in [0.05, 0.1) is 5.69 Å². The van der Waals surface area contributed by atoms with Crippen LogP contribution in [0.25, 0.3) is 44.2 Å². The van der Waals surface area contributed by atoms with Crippen molar-refractivity contribution < 1.29 is 0 Å². The summed E-state index contributed by atoms with van der Waals surface area (Å²) in [6.45, 7) is 7.02. The monoisotopic (exact) mass is 477 g/mol. The second kappa shape index (κ2) is 9.33. The molecular formula is C36H31N. The molecule has 1 aliphatic rings. The first-order valence-electron chi connectivity index (χ1n) is 13.0. The summed E-state index contributed by atoms with van der Waals surface area (Å²) in [5.41, 5.74) is 9.75. The van der Waals surface area contributed by atoms with E-state index < -0.39 is 0 Å². The van der Waals surface area contributed by atoms with Crippen molar-refractivity contribution in [2.45, 2.75) is 20.8 Å². The molecule has 1 unspecified atom stereocenters. The Morgan fingerprint density at radius 2 is 1.19 bits per heavy atom. The van der Waals surface area contributed by atoms with E-state index in [1.54, 1.807) is 0 Å². The van der Waals surface area contributed by atoms with Gasteiger partial charge in [0.1, 0.15) is 0 Å². The lowest BCUT2D eigenvalue weighted by atomic mass is 9.67. The van der Waals surface area contributed by atoms with Crippen LogP contribution in [0.4, 0.5) is 0 Å². The SMILES string of the molecule is CC1C=C(c2cc(-c3ccccc3)cc(-c3ccccc3)c2)C=C(c2nccc3ccccc23)C1(C)C. The number of nitrogens with zero attached hydrogens (tertiary/aromatic N) is 1. The second-order valence-electron chi connectivity index (χ2n) is 10.6. The first-order chi connectivity index (χ1) is 18.0. The molecule has 1 aromatic heterocycles. The zero-order valence-electron chi connectivity index (χ0n) is 21.6. The number of benzene rings is 4. The van der Waals surface area contributed by atoms with Gasteiger partial charge in [-0.1, -0.05) is 112 Å². The van der Waals surface area contributed by atoms with Crippen LogP contribution in [-0.4, -0.2) is 4.98 Å². The second-order valence-corrected chi connectivity index (χ2v) is 10.6. The van der Waals surface area contributed by atoms with E-state index in [2.05, 4.69) is 142 Å². The molecule has 0 amide bonds. The maximum absolute atomic E-state index is 4.92. The minimum absolute atomic E-state index is 0.0417. The molecule has 1 heterocycles. The van der Waals surface area contributed by atoms with Gasteiger partial charge in [-0.05, 0) is 86.0 Å². The van der Waals surface area contributed by atoms with E-state index in [-0.39, 0.29) is 5.41 Å². The molecule has 1 atom stereocenters. The molecule has 0 saturated carbocycles. The van der Waals surface area contributed by atoms with Crippen molar-refractivity contribution in [2.24, 2.45) is 11.3 Å². The highest BCUT2D eigenvalue weighted by Gasteiger charge is 2.34. The molecule has 0 radical (unpaired) electrons. The Labute approximate surface area is 219 Å². The fourth-order valence-corrected chi connectivity index (χ4v) is 5.39. The van der Waals surface area contributed by atoms with Crippen molar-refractivity contribution in [3.63, 3.8) is 0 Å². The van der Waals surface area contributed by atoms with Crippen LogP contribution < -0.4 is 0 Å². The molecule has 0 fully saturated rings. The maximum Gasteiger partial charge on any atom is 0.0745 e. The van der Waals surface area contributed by atoms with E-state index in [0.29, 0.717) is 5.92 Å². The van der Waals surface area contributed by atoms with Gasteiger partial charge in [-0.25, -0.2) is 0 Å². The smallest absolute Gasteiger partial charge is 0.0745 e. The number of hydrogen-bond donors (Lipinski definition) is 0. The average molecular weight is 478 g/mol. The molecule has 0 aliphatic heterocycles. The number of rotatable bonds is 4. The minimum Gasteiger partial charge on any atom is -0.256 e. The molecule has 6 rings (SSSR count). The van der Waals surface area contributed by atoms with Gasteiger partial charge in [0.15, 0.2) is 0 Å². The van der Waals surface area contributed by atoms with Crippen LogP contribution in [0.5, 0.6) is 0 Å². The average Bonchev–Trinajstić information content (AvgIpc) is 2.95. The highest BCUT2D eigenvalue weighted by Crippen LogP contribution is 2.48. The van der Waals surface area contributed by atoms with Crippen molar-refractivity contribution in [1.82, 2.24) is 4.98 Å². The van der Waals surface area contributed by atoms with Crippen molar-refractivity contribution in [3.05, 3.63) is 139 Å². The quantitative estimate of drug-likeness (QED) is 0.251. The topological polar surface area (TPSA) is 12.9 Å². The van der Waals surface area contributed by atoms with E-state index in [9.17, 15) is 0 Å². The molecule has 1 aliphatic carbocycles. The Hall–Kier alpha value is -4.23. The third-order valence-corrected chi connectivity index (χ3v) is 7.97. The van der Waals surface area contributed by atoms with E-state index in [4.69, 9.17) is 4.98 Å². The maximum atomic E-state index is 4.92. The van der Waals surface area contributed by atoms with Gasteiger partial charge in [0.25, 0.3) is 0 Å². The summed E-state index contributed by atoms with van der Waals surface area (Å²) >= 11 is 0. The largest absolute Gasteiger partial charge is 0.256 e. The molecule has 4 aromatic carbocycles. The van der Waals surface area contributed by atoms with Gasteiger partial charge < -0.3 is 0 Å². The molecule has 1 nitrogen and oxygen atoms in total. The fourth-order valence-electron chi connectivity index (χ4n) is 5.39. The number of aromatic nitrogens is 1.